The number of aromatic hydroxyl groups is 1. The van der Waals surface area contributed by atoms with Crippen LogP contribution in [0.1, 0.15) is 41.6 Å². The molecule has 2 N–H and O–H groups in total. The van der Waals surface area contributed by atoms with E-state index in [-0.39, 0.29) is 46.6 Å². The van der Waals surface area contributed by atoms with Crippen molar-refractivity contribution in [1.82, 2.24) is 9.78 Å². The molecule has 138 valence electrons. The highest BCUT2D eigenvalue weighted by Gasteiger charge is 2.37. The number of benzene rings is 1. The van der Waals surface area contributed by atoms with E-state index in [9.17, 15) is 18.3 Å². The lowest BCUT2D eigenvalue weighted by molar-refractivity contribution is -0.116. The summed E-state index contributed by atoms with van der Waals surface area (Å²) in [5.41, 5.74) is 2.43. The highest BCUT2D eigenvalue weighted by molar-refractivity contribution is 7.91. The fourth-order valence-corrected chi connectivity index (χ4v) is 5.71. The number of nitrogens with one attached hydrogen (secondary N) is 1. The molecular formula is C17H18ClN3O4S. The van der Waals surface area contributed by atoms with Crippen LogP contribution in [-0.4, -0.2) is 40.7 Å². The van der Waals surface area contributed by atoms with Gasteiger partial charge >= 0.3 is 0 Å². The molecule has 0 spiro atoms. The van der Waals surface area contributed by atoms with Gasteiger partial charge in [0.15, 0.2) is 9.84 Å². The van der Waals surface area contributed by atoms with E-state index in [2.05, 4.69) is 10.4 Å². The number of halogens is 1. The lowest BCUT2D eigenvalue weighted by Gasteiger charge is -2.25. The summed E-state index contributed by atoms with van der Waals surface area (Å²) in [4.78, 5) is 12.3. The van der Waals surface area contributed by atoms with Crippen molar-refractivity contribution >= 4 is 33.2 Å². The SMILES string of the molecule is Cc1nn(C2CCS(=O)(=O)C2)c2c1C(c1ccc(O)c(Cl)c1)CC(=O)N2. The third kappa shape index (κ3) is 2.87. The number of hydrogen-bond donors (Lipinski definition) is 2. The molecule has 1 fully saturated rings. The van der Waals surface area contributed by atoms with Crippen LogP contribution in [0.4, 0.5) is 5.82 Å². The molecule has 0 bridgehead atoms. The number of anilines is 1. The van der Waals surface area contributed by atoms with E-state index in [0.29, 0.717) is 12.2 Å². The second kappa shape index (κ2) is 5.99. The molecule has 1 aromatic carbocycles. The van der Waals surface area contributed by atoms with E-state index in [0.717, 1.165) is 16.8 Å². The smallest absolute Gasteiger partial charge is 0.226 e. The molecule has 4 rings (SSSR count). The van der Waals surface area contributed by atoms with Gasteiger partial charge in [-0.1, -0.05) is 17.7 Å². The molecule has 2 atom stereocenters. The van der Waals surface area contributed by atoms with E-state index in [1.54, 1.807) is 16.8 Å². The van der Waals surface area contributed by atoms with Gasteiger partial charge in [0.05, 0.1) is 28.3 Å². The molecule has 3 heterocycles. The van der Waals surface area contributed by atoms with Gasteiger partial charge < -0.3 is 10.4 Å². The van der Waals surface area contributed by atoms with Crippen LogP contribution in [0.2, 0.25) is 5.02 Å². The van der Waals surface area contributed by atoms with Crippen LogP contribution in [-0.2, 0) is 14.6 Å². The molecule has 0 radical (unpaired) electrons. The first kappa shape index (κ1) is 17.4. The number of carbonyl (C=O) groups excluding carboxylic acids is 1. The number of nitrogens with zero attached hydrogens (tertiary/aromatic N) is 2. The topological polar surface area (TPSA) is 101 Å². The molecule has 0 aliphatic carbocycles. The fraction of sp³-hybridized carbons (Fsp3) is 0.412. The Balaban J connectivity index is 1.81. The van der Waals surface area contributed by atoms with E-state index in [1.807, 2.05) is 6.92 Å². The Bertz CT molecular complexity index is 1020. The Hall–Kier alpha value is -2.06. The number of sulfone groups is 1. The number of rotatable bonds is 2. The predicted octanol–water partition coefficient (Wildman–Crippen LogP) is 2.38. The van der Waals surface area contributed by atoms with Crippen molar-refractivity contribution in [2.24, 2.45) is 0 Å². The Kier molecular flexibility index (Phi) is 4.00. The monoisotopic (exact) mass is 395 g/mol. The maximum absolute atomic E-state index is 12.3. The zero-order chi connectivity index (χ0) is 18.6. The summed E-state index contributed by atoms with van der Waals surface area (Å²) < 4.78 is 25.3. The average Bonchev–Trinajstić information content (AvgIpc) is 3.09. The highest BCUT2D eigenvalue weighted by Crippen LogP contribution is 2.42. The van der Waals surface area contributed by atoms with Crippen molar-refractivity contribution in [3.05, 3.63) is 40.0 Å². The lowest BCUT2D eigenvalue weighted by Crippen LogP contribution is -2.26. The Morgan fingerprint density at radius 2 is 2.15 bits per heavy atom. The number of hydrogen-bond acceptors (Lipinski definition) is 5. The molecule has 9 heteroatoms. The molecule has 1 aromatic heterocycles. The molecular weight excluding hydrogens is 378 g/mol. The molecule has 2 aromatic rings. The predicted molar refractivity (Wildman–Crippen MR) is 97.5 cm³/mol. The van der Waals surface area contributed by atoms with E-state index in [4.69, 9.17) is 11.6 Å². The van der Waals surface area contributed by atoms with Gasteiger partial charge in [0.2, 0.25) is 5.91 Å². The van der Waals surface area contributed by atoms with E-state index >= 15 is 0 Å². The van der Waals surface area contributed by atoms with Gasteiger partial charge in [-0.15, -0.1) is 0 Å². The van der Waals surface area contributed by atoms with Crippen LogP contribution in [0.3, 0.4) is 0 Å². The molecule has 2 aliphatic rings. The number of phenols is 1. The minimum Gasteiger partial charge on any atom is -0.506 e. The van der Waals surface area contributed by atoms with Crippen molar-refractivity contribution in [3.8, 4) is 5.75 Å². The van der Waals surface area contributed by atoms with E-state index < -0.39 is 9.84 Å². The van der Waals surface area contributed by atoms with Crippen LogP contribution in [0, 0.1) is 6.92 Å². The normalized spacial score (nSPS) is 24.3. The Morgan fingerprint density at radius 1 is 1.38 bits per heavy atom. The molecule has 1 saturated heterocycles. The molecule has 7 nitrogen and oxygen atoms in total. The Morgan fingerprint density at radius 3 is 2.81 bits per heavy atom. The standard InChI is InChI=1S/C17H18ClN3O4S/c1-9-16-12(10-2-3-14(22)13(18)6-10)7-15(23)19-17(16)21(20-9)11-4-5-26(24,25)8-11/h2-3,6,11-12,22H,4-5,7-8H2,1H3,(H,19,23). The van der Waals surface area contributed by atoms with Crippen LogP contribution in [0.25, 0.3) is 0 Å². The van der Waals surface area contributed by atoms with Crippen molar-refractivity contribution < 1.29 is 18.3 Å². The molecule has 0 saturated carbocycles. The number of carbonyl (C=O) groups is 1. The third-order valence-corrected chi connectivity index (χ3v) is 7.11. The van der Waals surface area contributed by atoms with E-state index in [1.165, 1.54) is 6.07 Å². The fourth-order valence-electron chi connectivity index (χ4n) is 3.83. The summed E-state index contributed by atoms with van der Waals surface area (Å²) in [5.74, 6) is 0.314. The number of amides is 1. The number of aromatic nitrogens is 2. The second-order valence-electron chi connectivity index (χ2n) is 6.86. The van der Waals surface area contributed by atoms with Gasteiger partial charge in [-0.05, 0) is 31.0 Å². The van der Waals surface area contributed by atoms with Crippen LogP contribution in [0.15, 0.2) is 18.2 Å². The molecule has 2 unspecified atom stereocenters. The summed E-state index contributed by atoms with van der Waals surface area (Å²) in [6.07, 6.45) is 0.727. The van der Waals surface area contributed by atoms with Gasteiger partial charge in [0.25, 0.3) is 0 Å². The summed E-state index contributed by atoms with van der Waals surface area (Å²) in [7, 11) is -3.07. The summed E-state index contributed by atoms with van der Waals surface area (Å²) in [6, 6.07) is 4.63. The first-order valence-corrected chi connectivity index (χ1v) is 10.5. The number of fused-ring (bicyclic) bond motifs is 1. The second-order valence-corrected chi connectivity index (χ2v) is 9.50. The lowest BCUT2D eigenvalue weighted by atomic mass is 9.86. The zero-order valence-corrected chi connectivity index (χ0v) is 15.6. The summed E-state index contributed by atoms with van der Waals surface area (Å²) >= 11 is 6.04. The minimum absolute atomic E-state index is 0.0144. The van der Waals surface area contributed by atoms with Crippen LogP contribution < -0.4 is 5.32 Å². The van der Waals surface area contributed by atoms with Gasteiger partial charge in [0.1, 0.15) is 11.6 Å². The number of aryl methyl sites for hydroxylation is 1. The molecule has 26 heavy (non-hydrogen) atoms. The molecule has 1 amide bonds. The Labute approximate surface area is 155 Å². The van der Waals surface area contributed by atoms with Crippen molar-refractivity contribution in [2.45, 2.75) is 31.7 Å². The largest absolute Gasteiger partial charge is 0.506 e. The first-order chi connectivity index (χ1) is 12.2. The third-order valence-electron chi connectivity index (χ3n) is 5.06. The van der Waals surface area contributed by atoms with Gasteiger partial charge in [-0.3, -0.25) is 4.79 Å². The summed E-state index contributed by atoms with van der Waals surface area (Å²) in [6.45, 7) is 1.85. The van der Waals surface area contributed by atoms with Crippen LogP contribution in [0.5, 0.6) is 5.75 Å². The average molecular weight is 396 g/mol. The highest BCUT2D eigenvalue weighted by atomic mass is 35.5. The number of phenolic OH excluding ortho intramolecular Hbond substituents is 1. The van der Waals surface area contributed by atoms with Gasteiger partial charge in [-0.25, -0.2) is 13.1 Å². The van der Waals surface area contributed by atoms with Gasteiger partial charge in [0, 0.05) is 17.9 Å². The quantitative estimate of drug-likeness (QED) is 0.812. The van der Waals surface area contributed by atoms with Crippen molar-refractivity contribution in [2.75, 3.05) is 16.8 Å². The van der Waals surface area contributed by atoms with Crippen LogP contribution >= 0.6 is 11.6 Å². The first-order valence-electron chi connectivity index (χ1n) is 8.33. The van der Waals surface area contributed by atoms with Gasteiger partial charge in [-0.2, -0.15) is 5.10 Å². The summed E-state index contributed by atoms with van der Waals surface area (Å²) in [5, 5.41) is 17.3. The van der Waals surface area contributed by atoms with Crippen molar-refractivity contribution in [1.29, 1.82) is 0 Å². The van der Waals surface area contributed by atoms with Crippen molar-refractivity contribution in [3.63, 3.8) is 0 Å². The maximum atomic E-state index is 12.3. The minimum atomic E-state index is -3.07. The molecule has 2 aliphatic heterocycles. The maximum Gasteiger partial charge on any atom is 0.226 e. The zero-order valence-electron chi connectivity index (χ0n) is 14.1.